The molecule has 0 amide bonds. The monoisotopic (exact) mass is 257 g/mol. The van der Waals surface area contributed by atoms with Crippen LogP contribution in [0.15, 0.2) is 16.7 Å². The largest absolute Gasteiger partial charge is 0.368 e. The first-order chi connectivity index (χ1) is 6.63. The molecule has 78 valence electrons. The molecule has 3 N–H and O–H groups in total. The zero-order chi connectivity index (χ0) is 10.6. The number of nitrogens with zero attached hydrogens (tertiary/aromatic N) is 1. The first kappa shape index (κ1) is 11.5. The van der Waals surface area contributed by atoms with E-state index in [4.69, 9.17) is 5.73 Å². The lowest BCUT2D eigenvalue weighted by molar-refractivity contribution is 0.677. The number of aromatic nitrogens is 1. The van der Waals surface area contributed by atoms with Crippen molar-refractivity contribution in [3.05, 3.63) is 22.3 Å². The Balaban J connectivity index is 2.59. The predicted octanol–water partition coefficient (Wildman–Crippen LogP) is 2.30. The van der Waals surface area contributed by atoms with Crippen LogP contribution in [0, 0.1) is 6.92 Å². The molecule has 3 nitrogen and oxygen atoms in total. The number of nitrogens with one attached hydrogen (secondary N) is 1. The van der Waals surface area contributed by atoms with E-state index in [9.17, 15) is 0 Å². The molecular weight excluding hydrogens is 242 g/mol. The van der Waals surface area contributed by atoms with Gasteiger partial charge in [0.15, 0.2) is 0 Å². The van der Waals surface area contributed by atoms with E-state index in [1.165, 1.54) is 0 Å². The average molecular weight is 258 g/mol. The van der Waals surface area contributed by atoms with E-state index in [0.29, 0.717) is 0 Å². The maximum Gasteiger partial charge on any atom is 0.140 e. The summed E-state index contributed by atoms with van der Waals surface area (Å²) in [6, 6.07) is 2.22. The van der Waals surface area contributed by atoms with Gasteiger partial charge in [-0.3, -0.25) is 0 Å². The van der Waals surface area contributed by atoms with E-state index in [2.05, 4.69) is 33.2 Å². The maximum absolute atomic E-state index is 5.80. The van der Waals surface area contributed by atoms with Crippen molar-refractivity contribution in [1.29, 1.82) is 0 Å². The van der Waals surface area contributed by atoms with Crippen molar-refractivity contribution in [1.82, 2.24) is 4.98 Å². The van der Waals surface area contributed by atoms with Crippen LogP contribution >= 0.6 is 15.9 Å². The number of aryl methyl sites for hydroxylation is 1. The van der Waals surface area contributed by atoms with Crippen molar-refractivity contribution in [2.75, 3.05) is 11.9 Å². The highest BCUT2D eigenvalue weighted by Crippen LogP contribution is 2.20. The first-order valence-electron chi connectivity index (χ1n) is 4.75. The van der Waals surface area contributed by atoms with Crippen molar-refractivity contribution < 1.29 is 0 Å². The Hall–Kier alpha value is -0.610. The standard InChI is InChI=1S/C10H16BrN3/c1-3-8(12)6-14-10-9(11)4-7(2)5-13-10/h4-5,8H,3,6,12H2,1-2H3,(H,13,14). The Morgan fingerprint density at radius 1 is 1.64 bits per heavy atom. The van der Waals surface area contributed by atoms with Crippen molar-refractivity contribution in [2.45, 2.75) is 26.3 Å². The molecular formula is C10H16BrN3. The normalized spacial score (nSPS) is 12.6. The van der Waals surface area contributed by atoms with Gasteiger partial charge in [-0.15, -0.1) is 0 Å². The lowest BCUT2D eigenvalue weighted by atomic mass is 10.2. The SMILES string of the molecule is CCC(N)CNc1ncc(C)cc1Br. The van der Waals surface area contributed by atoms with Crippen molar-refractivity contribution in [3.63, 3.8) is 0 Å². The van der Waals surface area contributed by atoms with Gasteiger partial charge in [0.05, 0.1) is 4.47 Å². The molecule has 1 rings (SSSR count). The van der Waals surface area contributed by atoms with Crippen LogP contribution in [0.25, 0.3) is 0 Å². The molecule has 0 aromatic carbocycles. The lowest BCUT2D eigenvalue weighted by Crippen LogP contribution is -2.28. The molecule has 14 heavy (non-hydrogen) atoms. The molecule has 1 heterocycles. The number of hydrogen-bond donors (Lipinski definition) is 2. The van der Waals surface area contributed by atoms with Crippen LogP contribution in [-0.2, 0) is 0 Å². The summed E-state index contributed by atoms with van der Waals surface area (Å²) in [6.45, 7) is 4.84. The predicted molar refractivity (Wildman–Crippen MR) is 63.4 cm³/mol. The summed E-state index contributed by atoms with van der Waals surface area (Å²) in [5.74, 6) is 0.861. The zero-order valence-electron chi connectivity index (χ0n) is 8.55. The molecule has 0 aliphatic rings. The van der Waals surface area contributed by atoms with E-state index in [-0.39, 0.29) is 6.04 Å². The number of hydrogen-bond acceptors (Lipinski definition) is 3. The second-order valence-electron chi connectivity index (χ2n) is 3.39. The van der Waals surface area contributed by atoms with Gasteiger partial charge in [0.1, 0.15) is 5.82 Å². The van der Waals surface area contributed by atoms with E-state index in [0.717, 1.165) is 28.8 Å². The van der Waals surface area contributed by atoms with Crippen LogP contribution in [0.5, 0.6) is 0 Å². The van der Waals surface area contributed by atoms with Gasteiger partial charge in [0.25, 0.3) is 0 Å². The first-order valence-corrected chi connectivity index (χ1v) is 5.54. The summed E-state index contributed by atoms with van der Waals surface area (Å²) in [5, 5.41) is 3.21. The number of rotatable bonds is 4. The molecule has 0 spiro atoms. The fraction of sp³-hybridized carbons (Fsp3) is 0.500. The average Bonchev–Trinajstić information content (AvgIpc) is 2.16. The highest BCUT2D eigenvalue weighted by Gasteiger charge is 2.03. The molecule has 0 saturated heterocycles. The molecule has 1 atom stereocenters. The third-order valence-corrected chi connectivity index (χ3v) is 2.64. The highest BCUT2D eigenvalue weighted by atomic mass is 79.9. The molecule has 1 aromatic rings. The third kappa shape index (κ3) is 3.27. The van der Waals surface area contributed by atoms with Gasteiger partial charge in [0, 0.05) is 18.8 Å². The molecule has 4 heteroatoms. The number of halogens is 1. The van der Waals surface area contributed by atoms with E-state index < -0.39 is 0 Å². The minimum atomic E-state index is 0.185. The fourth-order valence-corrected chi connectivity index (χ4v) is 1.64. The topological polar surface area (TPSA) is 50.9 Å². The Morgan fingerprint density at radius 3 is 2.93 bits per heavy atom. The van der Waals surface area contributed by atoms with Crippen LogP contribution in [0.1, 0.15) is 18.9 Å². The van der Waals surface area contributed by atoms with Crippen molar-refractivity contribution in [3.8, 4) is 0 Å². The molecule has 0 aliphatic heterocycles. The van der Waals surface area contributed by atoms with Crippen molar-refractivity contribution in [2.24, 2.45) is 5.73 Å². The van der Waals surface area contributed by atoms with Gasteiger partial charge in [-0.2, -0.15) is 0 Å². The molecule has 1 unspecified atom stereocenters. The summed E-state index contributed by atoms with van der Waals surface area (Å²) >= 11 is 3.45. The van der Waals surface area contributed by atoms with Gasteiger partial charge in [-0.1, -0.05) is 6.92 Å². The maximum atomic E-state index is 5.80. The second-order valence-corrected chi connectivity index (χ2v) is 4.25. The van der Waals surface area contributed by atoms with Crippen LogP contribution < -0.4 is 11.1 Å². The minimum absolute atomic E-state index is 0.185. The van der Waals surface area contributed by atoms with Crippen LogP contribution in [0.3, 0.4) is 0 Å². The third-order valence-electron chi connectivity index (χ3n) is 2.03. The summed E-state index contributed by atoms with van der Waals surface area (Å²) in [6.07, 6.45) is 2.81. The summed E-state index contributed by atoms with van der Waals surface area (Å²) in [4.78, 5) is 4.27. The molecule has 0 radical (unpaired) electrons. The molecule has 0 fully saturated rings. The zero-order valence-corrected chi connectivity index (χ0v) is 10.1. The summed E-state index contributed by atoms with van der Waals surface area (Å²) in [5.41, 5.74) is 6.94. The lowest BCUT2D eigenvalue weighted by Gasteiger charge is -2.12. The number of pyridine rings is 1. The second kappa shape index (κ2) is 5.32. The summed E-state index contributed by atoms with van der Waals surface area (Å²) in [7, 11) is 0. The van der Waals surface area contributed by atoms with Gasteiger partial charge in [-0.05, 0) is 40.9 Å². The quantitative estimate of drug-likeness (QED) is 0.871. The van der Waals surface area contributed by atoms with Gasteiger partial charge in [0.2, 0.25) is 0 Å². The van der Waals surface area contributed by atoms with Gasteiger partial charge < -0.3 is 11.1 Å². The molecule has 0 aliphatic carbocycles. The Bertz CT molecular complexity index is 301. The molecule has 1 aromatic heterocycles. The van der Waals surface area contributed by atoms with Crippen LogP contribution in [0.2, 0.25) is 0 Å². The summed E-state index contributed by atoms with van der Waals surface area (Å²) < 4.78 is 0.987. The van der Waals surface area contributed by atoms with E-state index in [1.807, 2.05) is 19.2 Å². The Morgan fingerprint density at radius 2 is 2.36 bits per heavy atom. The minimum Gasteiger partial charge on any atom is -0.368 e. The van der Waals surface area contributed by atoms with E-state index in [1.54, 1.807) is 0 Å². The van der Waals surface area contributed by atoms with Crippen LogP contribution in [0.4, 0.5) is 5.82 Å². The van der Waals surface area contributed by atoms with Crippen LogP contribution in [-0.4, -0.2) is 17.6 Å². The molecule has 0 bridgehead atoms. The smallest absolute Gasteiger partial charge is 0.140 e. The highest BCUT2D eigenvalue weighted by molar-refractivity contribution is 9.10. The number of anilines is 1. The fourth-order valence-electron chi connectivity index (χ4n) is 1.04. The Labute approximate surface area is 93.2 Å². The molecule has 0 saturated carbocycles. The van der Waals surface area contributed by atoms with E-state index >= 15 is 0 Å². The number of nitrogens with two attached hydrogens (primary N) is 1. The van der Waals surface area contributed by atoms with Crippen molar-refractivity contribution >= 4 is 21.7 Å². The Kier molecular flexibility index (Phi) is 4.35. The van der Waals surface area contributed by atoms with Gasteiger partial charge >= 0.3 is 0 Å². The van der Waals surface area contributed by atoms with Gasteiger partial charge in [-0.25, -0.2) is 4.98 Å².